The minimum atomic E-state index is -0.697. The number of hydrogen-bond donors (Lipinski definition) is 2. The number of nitrogens with two attached hydrogens (primary N) is 1. The van der Waals surface area contributed by atoms with Crippen molar-refractivity contribution in [1.82, 2.24) is 10.2 Å². The molecule has 25 heavy (non-hydrogen) atoms. The summed E-state index contributed by atoms with van der Waals surface area (Å²) in [5, 5.41) is 2.99. The average molecular weight is 366 g/mol. The second-order valence-corrected chi connectivity index (χ2v) is 7.14. The fourth-order valence-electron chi connectivity index (χ4n) is 3.70. The van der Waals surface area contributed by atoms with Crippen LogP contribution in [0.25, 0.3) is 0 Å². The first-order valence-corrected chi connectivity index (χ1v) is 9.00. The smallest absolute Gasteiger partial charge is 0.240 e. The topological polar surface area (TPSA) is 75.4 Å². The zero-order chi connectivity index (χ0) is 17.0. The van der Waals surface area contributed by atoms with Gasteiger partial charge >= 0.3 is 0 Å². The van der Waals surface area contributed by atoms with E-state index >= 15 is 0 Å². The van der Waals surface area contributed by atoms with Gasteiger partial charge in [-0.15, -0.1) is 12.4 Å². The van der Waals surface area contributed by atoms with Gasteiger partial charge in [-0.05, 0) is 30.4 Å². The van der Waals surface area contributed by atoms with E-state index in [0.717, 1.165) is 49.8 Å². The number of halogens is 1. The summed E-state index contributed by atoms with van der Waals surface area (Å²) in [6.45, 7) is 1.98. The summed E-state index contributed by atoms with van der Waals surface area (Å²) >= 11 is 0. The molecule has 2 amide bonds. The van der Waals surface area contributed by atoms with E-state index in [9.17, 15) is 9.59 Å². The lowest BCUT2D eigenvalue weighted by Crippen LogP contribution is -2.54. The highest BCUT2D eigenvalue weighted by molar-refractivity contribution is 5.86. The molecule has 1 aliphatic heterocycles. The van der Waals surface area contributed by atoms with E-state index in [1.54, 1.807) is 0 Å². The minimum absolute atomic E-state index is 0. The molecule has 6 heteroatoms. The van der Waals surface area contributed by atoms with Crippen LogP contribution in [0.5, 0.6) is 0 Å². The Morgan fingerprint density at radius 3 is 2.56 bits per heavy atom. The van der Waals surface area contributed by atoms with E-state index in [0.29, 0.717) is 19.5 Å². The Labute approximate surface area is 155 Å². The van der Waals surface area contributed by atoms with Crippen LogP contribution in [-0.2, 0) is 22.7 Å². The van der Waals surface area contributed by atoms with Crippen molar-refractivity contribution < 1.29 is 9.59 Å². The molecule has 0 bridgehead atoms. The molecule has 0 atom stereocenters. The number of amides is 2. The highest BCUT2D eigenvalue weighted by Gasteiger charge is 2.34. The maximum Gasteiger partial charge on any atom is 0.240 e. The molecule has 138 valence electrons. The van der Waals surface area contributed by atoms with Gasteiger partial charge in [0.15, 0.2) is 0 Å². The first-order chi connectivity index (χ1) is 11.6. The number of likely N-dealkylation sites (tertiary alicyclic amines) is 1. The molecule has 1 saturated heterocycles. The van der Waals surface area contributed by atoms with E-state index in [4.69, 9.17) is 5.73 Å². The standard InChI is InChI=1S/C19H27N3O2.ClH/c20-19(9-2-1-3-10-19)18(24)21-13-15-6-4-7-16(12-15)14-22-11-5-8-17(22)23;/h4,6-7,12H,1-3,5,8-11,13-14,20H2,(H,21,24);1H. The van der Waals surface area contributed by atoms with Crippen molar-refractivity contribution in [3.05, 3.63) is 35.4 Å². The third-order valence-electron chi connectivity index (χ3n) is 5.19. The van der Waals surface area contributed by atoms with Crippen molar-refractivity contribution in [3.8, 4) is 0 Å². The molecule has 2 aliphatic rings. The van der Waals surface area contributed by atoms with Crippen LogP contribution < -0.4 is 11.1 Å². The highest BCUT2D eigenvalue weighted by atomic mass is 35.5. The second kappa shape index (κ2) is 8.68. The normalized spacial score (nSPS) is 19.4. The van der Waals surface area contributed by atoms with Gasteiger partial charge in [-0.3, -0.25) is 9.59 Å². The van der Waals surface area contributed by atoms with Gasteiger partial charge in [0.25, 0.3) is 0 Å². The Bertz CT molecular complexity index is 614. The molecule has 0 aromatic heterocycles. The first-order valence-electron chi connectivity index (χ1n) is 9.00. The zero-order valence-electron chi connectivity index (χ0n) is 14.6. The van der Waals surface area contributed by atoms with Crippen LogP contribution >= 0.6 is 12.4 Å². The summed E-state index contributed by atoms with van der Waals surface area (Å²) in [4.78, 5) is 26.1. The molecule has 1 aliphatic carbocycles. The minimum Gasteiger partial charge on any atom is -0.350 e. The van der Waals surface area contributed by atoms with Crippen LogP contribution in [-0.4, -0.2) is 28.8 Å². The molecule has 2 fully saturated rings. The third kappa shape index (κ3) is 4.95. The number of carbonyl (C=O) groups excluding carboxylic acids is 2. The SMILES string of the molecule is Cl.NC1(C(=O)NCc2cccc(CN3CCCC3=O)c2)CCCCC1. The van der Waals surface area contributed by atoms with Crippen LogP contribution in [0.1, 0.15) is 56.1 Å². The fraction of sp³-hybridized carbons (Fsp3) is 0.579. The van der Waals surface area contributed by atoms with Crippen molar-refractivity contribution in [2.45, 2.75) is 63.6 Å². The number of nitrogens with zero attached hydrogens (tertiary/aromatic N) is 1. The molecule has 0 unspecified atom stereocenters. The van der Waals surface area contributed by atoms with Gasteiger partial charge in [0.1, 0.15) is 0 Å². The van der Waals surface area contributed by atoms with Crippen molar-refractivity contribution in [1.29, 1.82) is 0 Å². The lowest BCUT2D eigenvalue weighted by atomic mass is 9.82. The van der Waals surface area contributed by atoms with Gasteiger partial charge in [0.05, 0.1) is 5.54 Å². The maximum absolute atomic E-state index is 12.4. The molecule has 0 radical (unpaired) electrons. The molecule has 5 nitrogen and oxygen atoms in total. The van der Waals surface area contributed by atoms with Crippen molar-refractivity contribution in [2.75, 3.05) is 6.54 Å². The summed E-state index contributed by atoms with van der Waals surface area (Å²) in [5.41, 5.74) is 7.72. The summed E-state index contributed by atoms with van der Waals surface area (Å²) in [6, 6.07) is 8.08. The third-order valence-corrected chi connectivity index (χ3v) is 5.19. The van der Waals surface area contributed by atoms with E-state index in [1.165, 1.54) is 6.42 Å². The lowest BCUT2D eigenvalue weighted by molar-refractivity contribution is -0.128. The van der Waals surface area contributed by atoms with Crippen LogP contribution in [0.15, 0.2) is 24.3 Å². The predicted molar refractivity (Wildman–Crippen MR) is 100 cm³/mol. The Balaban J connectivity index is 0.00000225. The molecule has 1 heterocycles. The van der Waals surface area contributed by atoms with Gasteiger partial charge in [0.2, 0.25) is 11.8 Å². The Morgan fingerprint density at radius 2 is 1.88 bits per heavy atom. The van der Waals surface area contributed by atoms with Crippen molar-refractivity contribution in [2.24, 2.45) is 5.73 Å². The Morgan fingerprint density at radius 1 is 1.16 bits per heavy atom. The summed E-state index contributed by atoms with van der Waals surface area (Å²) in [5.74, 6) is 0.193. The van der Waals surface area contributed by atoms with Gasteiger partial charge in [-0.1, -0.05) is 43.5 Å². The number of hydrogen-bond acceptors (Lipinski definition) is 3. The van der Waals surface area contributed by atoms with Crippen molar-refractivity contribution >= 4 is 24.2 Å². The molecule has 3 N–H and O–H groups in total. The van der Waals surface area contributed by atoms with Gasteiger partial charge in [0, 0.05) is 26.1 Å². The predicted octanol–water partition coefficient (Wildman–Crippen LogP) is 2.51. The van der Waals surface area contributed by atoms with Crippen LogP contribution in [0, 0.1) is 0 Å². The van der Waals surface area contributed by atoms with Crippen LogP contribution in [0.4, 0.5) is 0 Å². The summed E-state index contributed by atoms with van der Waals surface area (Å²) < 4.78 is 0. The van der Waals surface area contributed by atoms with Gasteiger partial charge in [-0.25, -0.2) is 0 Å². The molecule has 3 rings (SSSR count). The molecular weight excluding hydrogens is 338 g/mol. The Kier molecular flexibility index (Phi) is 6.85. The number of nitrogens with one attached hydrogen (secondary N) is 1. The molecule has 1 saturated carbocycles. The number of carbonyl (C=O) groups is 2. The van der Waals surface area contributed by atoms with Crippen molar-refractivity contribution in [3.63, 3.8) is 0 Å². The van der Waals surface area contributed by atoms with E-state index < -0.39 is 5.54 Å². The summed E-state index contributed by atoms with van der Waals surface area (Å²) in [6.07, 6.45) is 6.39. The van der Waals surface area contributed by atoms with Gasteiger partial charge in [-0.2, -0.15) is 0 Å². The number of benzene rings is 1. The van der Waals surface area contributed by atoms with Gasteiger partial charge < -0.3 is 16.0 Å². The quantitative estimate of drug-likeness (QED) is 0.841. The van der Waals surface area contributed by atoms with E-state index in [2.05, 4.69) is 11.4 Å². The zero-order valence-corrected chi connectivity index (χ0v) is 15.4. The molecule has 0 spiro atoms. The van der Waals surface area contributed by atoms with Crippen LogP contribution in [0.3, 0.4) is 0 Å². The van der Waals surface area contributed by atoms with E-state index in [1.807, 2.05) is 23.1 Å². The molecular formula is C19H28ClN3O2. The largest absolute Gasteiger partial charge is 0.350 e. The first kappa shape index (κ1) is 19.7. The Hall–Kier alpha value is -1.59. The van der Waals surface area contributed by atoms with Crippen LogP contribution in [0.2, 0.25) is 0 Å². The highest BCUT2D eigenvalue weighted by Crippen LogP contribution is 2.26. The second-order valence-electron chi connectivity index (χ2n) is 7.14. The summed E-state index contributed by atoms with van der Waals surface area (Å²) in [7, 11) is 0. The van der Waals surface area contributed by atoms with E-state index in [-0.39, 0.29) is 24.2 Å². The molecule has 1 aromatic rings. The molecule has 1 aromatic carbocycles. The monoisotopic (exact) mass is 365 g/mol. The fourth-order valence-corrected chi connectivity index (χ4v) is 3.70. The average Bonchev–Trinajstić information content (AvgIpc) is 2.98. The number of rotatable bonds is 5. The maximum atomic E-state index is 12.4. The lowest BCUT2D eigenvalue weighted by Gasteiger charge is -2.31.